The van der Waals surface area contributed by atoms with Gasteiger partial charge in [0.25, 0.3) is 0 Å². The normalized spacial score (nSPS) is 27.6. The van der Waals surface area contributed by atoms with E-state index in [1.807, 2.05) is 0 Å². The van der Waals surface area contributed by atoms with Crippen LogP contribution in [0.2, 0.25) is 0 Å². The number of hydrogen-bond donors (Lipinski definition) is 6. The highest BCUT2D eigenvalue weighted by atomic mass is 31.2. The molecule has 0 bridgehead atoms. The van der Waals surface area contributed by atoms with Crippen LogP contribution in [-0.2, 0) is 9.30 Å². The molecule has 0 spiro atoms. The van der Waals surface area contributed by atoms with Gasteiger partial charge in [0.2, 0.25) is 0 Å². The maximum absolute atomic E-state index is 11.0. The molecule has 1 saturated heterocycles. The van der Waals surface area contributed by atoms with Gasteiger partial charge in [-0.2, -0.15) is 0 Å². The number of ether oxygens (including phenoxy) is 1. The van der Waals surface area contributed by atoms with Crippen LogP contribution in [0, 0.1) is 0 Å². The van der Waals surface area contributed by atoms with Gasteiger partial charge < -0.3 is 35.6 Å². The summed E-state index contributed by atoms with van der Waals surface area (Å²) in [6.07, 6.45) is -6.65. The van der Waals surface area contributed by atoms with Crippen molar-refractivity contribution >= 4 is 13.3 Å². The second-order valence-corrected chi connectivity index (χ2v) is 7.79. The zero-order chi connectivity index (χ0) is 19.1. The molecule has 7 N–H and O–H groups in total. The second kappa shape index (κ2) is 7.05. The van der Waals surface area contributed by atoms with Gasteiger partial charge in [-0.3, -0.25) is 4.57 Å². The lowest BCUT2D eigenvalue weighted by atomic mass is 10.1. The van der Waals surface area contributed by atoms with Crippen LogP contribution in [0.3, 0.4) is 0 Å². The molecular formula is C14H19N4O7P. The van der Waals surface area contributed by atoms with Crippen LogP contribution in [0.15, 0.2) is 30.5 Å². The van der Waals surface area contributed by atoms with Crippen LogP contribution in [0.1, 0.15) is 6.23 Å². The Morgan fingerprint density at radius 3 is 2.50 bits per heavy atom. The Balaban J connectivity index is 1.77. The SMILES string of the molecule is Nc1ccc(-c2cn([C@@H]3O[C@H]([C@H](O)CP(=O)(O)O)[C@@H](O)[C@H]3O)nn2)cc1. The molecule has 2 heterocycles. The molecule has 1 aliphatic rings. The number of nitrogens with zero attached hydrogens (tertiary/aromatic N) is 3. The highest BCUT2D eigenvalue weighted by molar-refractivity contribution is 7.51. The summed E-state index contributed by atoms with van der Waals surface area (Å²) >= 11 is 0. The third-order valence-electron chi connectivity index (χ3n) is 4.06. The zero-order valence-electron chi connectivity index (χ0n) is 13.4. The highest BCUT2D eigenvalue weighted by Crippen LogP contribution is 2.39. The van der Waals surface area contributed by atoms with Crippen molar-refractivity contribution < 1.29 is 34.4 Å². The Hall–Kier alpha value is -1.85. The van der Waals surface area contributed by atoms with Crippen molar-refractivity contribution in [2.24, 2.45) is 0 Å². The lowest BCUT2D eigenvalue weighted by molar-refractivity contribution is -0.0832. The number of rotatable bonds is 5. The zero-order valence-corrected chi connectivity index (χ0v) is 14.3. The van der Waals surface area contributed by atoms with Crippen LogP contribution in [0.25, 0.3) is 11.3 Å². The fourth-order valence-electron chi connectivity index (χ4n) is 2.76. The topological polar surface area (TPSA) is 184 Å². The minimum Gasteiger partial charge on any atom is -0.399 e. The van der Waals surface area contributed by atoms with E-state index in [4.69, 9.17) is 20.3 Å². The third kappa shape index (κ3) is 3.94. The summed E-state index contributed by atoms with van der Waals surface area (Å²) in [5, 5.41) is 37.9. The molecule has 1 aliphatic heterocycles. The second-order valence-electron chi connectivity index (χ2n) is 6.09. The molecule has 0 unspecified atom stereocenters. The fraction of sp³-hybridized carbons (Fsp3) is 0.429. The molecule has 1 aromatic carbocycles. The number of benzene rings is 1. The van der Waals surface area contributed by atoms with Gasteiger partial charge in [-0.1, -0.05) is 17.3 Å². The standard InChI is InChI=1S/C14H19N4O7P/c15-8-3-1-7(2-4-8)9-5-18(17-16-9)14-12(21)11(20)13(25-14)10(19)6-26(22,23)24/h1-5,10-14,19-21H,6,15H2,(H2,22,23,24)/t10-,11+,12-,13-,14-/m1/s1. The lowest BCUT2D eigenvalue weighted by Crippen LogP contribution is -2.40. The van der Waals surface area contributed by atoms with Gasteiger partial charge in [0.15, 0.2) is 6.23 Å². The first-order valence-electron chi connectivity index (χ1n) is 7.68. The van der Waals surface area contributed by atoms with E-state index in [1.54, 1.807) is 24.3 Å². The maximum atomic E-state index is 11.0. The van der Waals surface area contributed by atoms with E-state index >= 15 is 0 Å². The number of hydrogen-bond acceptors (Lipinski definition) is 8. The molecule has 1 fully saturated rings. The molecule has 0 amide bonds. The molecule has 0 saturated carbocycles. The molecule has 11 nitrogen and oxygen atoms in total. The summed E-state index contributed by atoms with van der Waals surface area (Å²) in [6.45, 7) is 0. The van der Waals surface area contributed by atoms with Crippen LogP contribution in [0.5, 0.6) is 0 Å². The molecule has 1 aromatic heterocycles. The van der Waals surface area contributed by atoms with Gasteiger partial charge >= 0.3 is 7.60 Å². The Morgan fingerprint density at radius 2 is 1.88 bits per heavy atom. The summed E-state index contributed by atoms with van der Waals surface area (Å²) in [5.74, 6) is 0. The third-order valence-corrected chi connectivity index (χ3v) is 4.91. The van der Waals surface area contributed by atoms with E-state index in [9.17, 15) is 19.9 Å². The summed E-state index contributed by atoms with van der Waals surface area (Å²) in [6, 6.07) is 6.84. The monoisotopic (exact) mass is 386 g/mol. The molecule has 0 aliphatic carbocycles. The predicted octanol–water partition coefficient (Wildman–Crippen LogP) is -1.31. The number of nitrogens with two attached hydrogens (primary N) is 1. The molecule has 26 heavy (non-hydrogen) atoms. The van der Waals surface area contributed by atoms with Gasteiger partial charge in [-0.05, 0) is 12.1 Å². The summed E-state index contributed by atoms with van der Waals surface area (Å²) in [4.78, 5) is 17.9. The largest absolute Gasteiger partial charge is 0.399 e. The lowest BCUT2D eigenvalue weighted by Gasteiger charge is -2.21. The van der Waals surface area contributed by atoms with Gasteiger partial charge in [0.1, 0.15) is 24.0 Å². The average Bonchev–Trinajstić information content (AvgIpc) is 3.13. The van der Waals surface area contributed by atoms with Crippen molar-refractivity contribution in [2.45, 2.75) is 30.6 Å². The molecule has 12 heteroatoms. The van der Waals surface area contributed by atoms with Crippen molar-refractivity contribution in [1.82, 2.24) is 15.0 Å². The predicted molar refractivity (Wildman–Crippen MR) is 88.7 cm³/mol. The number of aliphatic hydroxyl groups excluding tert-OH is 3. The number of aliphatic hydroxyl groups is 3. The Kier molecular flexibility index (Phi) is 5.13. The molecule has 0 radical (unpaired) electrons. The first-order chi connectivity index (χ1) is 12.2. The number of anilines is 1. The van der Waals surface area contributed by atoms with E-state index in [0.717, 1.165) is 5.56 Å². The first kappa shape index (κ1) is 18.9. The number of aromatic nitrogens is 3. The van der Waals surface area contributed by atoms with E-state index in [-0.39, 0.29) is 0 Å². The van der Waals surface area contributed by atoms with E-state index in [0.29, 0.717) is 11.4 Å². The Bertz CT molecular complexity index is 808. The van der Waals surface area contributed by atoms with E-state index in [2.05, 4.69) is 10.3 Å². The summed E-state index contributed by atoms with van der Waals surface area (Å²) in [5.41, 5.74) is 7.40. The summed E-state index contributed by atoms with van der Waals surface area (Å²) in [7, 11) is -4.52. The van der Waals surface area contributed by atoms with Crippen LogP contribution in [-0.4, -0.2) is 70.7 Å². The average molecular weight is 386 g/mol. The number of nitrogen functional groups attached to an aromatic ring is 1. The Labute approximate surface area is 147 Å². The molecule has 3 rings (SSSR count). The highest BCUT2D eigenvalue weighted by Gasteiger charge is 2.48. The van der Waals surface area contributed by atoms with Gasteiger partial charge in [-0.15, -0.1) is 5.10 Å². The summed E-state index contributed by atoms with van der Waals surface area (Å²) < 4.78 is 17.6. The molecule has 2 aromatic rings. The van der Waals surface area contributed by atoms with Crippen LogP contribution in [0.4, 0.5) is 5.69 Å². The van der Waals surface area contributed by atoms with Crippen molar-refractivity contribution in [3.05, 3.63) is 30.5 Å². The minimum absolute atomic E-state index is 0.467. The molecular weight excluding hydrogens is 367 g/mol. The first-order valence-corrected chi connectivity index (χ1v) is 9.47. The quantitative estimate of drug-likeness (QED) is 0.266. The van der Waals surface area contributed by atoms with Crippen molar-refractivity contribution in [1.29, 1.82) is 0 Å². The van der Waals surface area contributed by atoms with Crippen LogP contribution >= 0.6 is 7.60 Å². The minimum atomic E-state index is -4.52. The van der Waals surface area contributed by atoms with Gasteiger partial charge in [-0.25, -0.2) is 4.68 Å². The van der Waals surface area contributed by atoms with Crippen molar-refractivity contribution in [3.8, 4) is 11.3 Å². The molecule has 5 atom stereocenters. The van der Waals surface area contributed by atoms with Crippen LogP contribution < -0.4 is 5.73 Å². The van der Waals surface area contributed by atoms with Gasteiger partial charge in [0, 0.05) is 11.3 Å². The van der Waals surface area contributed by atoms with E-state index < -0.39 is 44.4 Å². The van der Waals surface area contributed by atoms with Gasteiger partial charge in [0.05, 0.1) is 18.5 Å². The molecule has 142 valence electrons. The maximum Gasteiger partial charge on any atom is 0.328 e. The van der Waals surface area contributed by atoms with E-state index in [1.165, 1.54) is 10.9 Å². The smallest absolute Gasteiger partial charge is 0.328 e. The van der Waals surface area contributed by atoms with Crippen molar-refractivity contribution in [3.63, 3.8) is 0 Å². The Morgan fingerprint density at radius 1 is 1.23 bits per heavy atom. The van der Waals surface area contributed by atoms with Crippen molar-refractivity contribution in [2.75, 3.05) is 11.9 Å². The fourth-order valence-corrected chi connectivity index (χ4v) is 3.45.